The molecular weight excluding hydrogens is 190 g/mol. The third-order valence-electron chi connectivity index (χ3n) is 2.31. The minimum atomic E-state index is 0.197. The van der Waals surface area contributed by atoms with Crippen LogP contribution in [0.2, 0.25) is 0 Å². The van der Waals surface area contributed by atoms with E-state index in [2.05, 4.69) is 26.1 Å². The number of hydrogen-bond acceptors (Lipinski definition) is 3. The fourth-order valence-electron chi connectivity index (χ4n) is 1.28. The van der Waals surface area contributed by atoms with Gasteiger partial charge in [0.1, 0.15) is 0 Å². The Labute approximate surface area is 94.5 Å². The molecule has 0 aromatic rings. The number of nitrogens with one attached hydrogen (secondary N) is 1. The van der Waals surface area contributed by atoms with Crippen LogP contribution in [-0.2, 0) is 9.47 Å². The molecule has 0 aliphatic carbocycles. The SMILES string of the molecule is CCCNC(CC)COC(C)COCC. The first kappa shape index (κ1) is 14.9. The molecule has 2 atom stereocenters. The van der Waals surface area contributed by atoms with Gasteiger partial charge in [-0.2, -0.15) is 0 Å². The van der Waals surface area contributed by atoms with Crippen molar-refractivity contribution in [3.63, 3.8) is 0 Å². The molecule has 0 aromatic heterocycles. The van der Waals surface area contributed by atoms with Gasteiger partial charge in [0.05, 0.1) is 19.3 Å². The summed E-state index contributed by atoms with van der Waals surface area (Å²) in [6.07, 6.45) is 2.48. The van der Waals surface area contributed by atoms with Gasteiger partial charge in [0.15, 0.2) is 0 Å². The van der Waals surface area contributed by atoms with Crippen molar-refractivity contribution in [1.82, 2.24) is 5.32 Å². The summed E-state index contributed by atoms with van der Waals surface area (Å²) in [6, 6.07) is 0.481. The zero-order chi connectivity index (χ0) is 11.5. The zero-order valence-electron chi connectivity index (χ0n) is 10.7. The lowest BCUT2D eigenvalue weighted by Crippen LogP contribution is -2.35. The van der Waals surface area contributed by atoms with E-state index in [9.17, 15) is 0 Å². The molecule has 92 valence electrons. The van der Waals surface area contributed by atoms with Crippen LogP contribution >= 0.6 is 0 Å². The molecule has 0 saturated carbocycles. The van der Waals surface area contributed by atoms with Gasteiger partial charge in [-0.05, 0) is 33.2 Å². The quantitative estimate of drug-likeness (QED) is 0.608. The van der Waals surface area contributed by atoms with Gasteiger partial charge in [0.25, 0.3) is 0 Å². The maximum absolute atomic E-state index is 5.71. The standard InChI is InChI=1S/C12H27NO2/c1-5-8-13-12(6-2)10-15-11(4)9-14-7-3/h11-13H,5-10H2,1-4H3. The average Bonchev–Trinajstić information content (AvgIpc) is 2.26. The molecule has 0 aromatic carbocycles. The molecule has 15 heavy (non-hydrogen) atoms. The van der Waals surface area contributed by atoms with Crippen LogP contribution in [0.25, 0.3) is 0 Å². The predicted molar refractivity (Wildman–Crippen MR) is 64.3 cm³/mol. The molecule has 3 heteroatoms. The highest BCUT2D eigenvalue weighted by molar-refractivity contribution is 4.64. The van der Waals surface area contributed by atoms with Crippen molar-refractivity contribution in [3.8, 4) is 0 Å². The van der Waals surface area contributed by atoms with Gasteiger partial charge in [-0.3, -0.25) is 0 Å². The molecular formula is C12H27NO2. The molecule has 0 bridgehead atoms. The van der Waals surface area contributed by atoms with E-state index < -0.39 is 0 Å². The second-order valence-corrected chi connectivity index (χ2v) is 3.86. The van der Waals surface area contributed by atoms with E-state index in [4.69, 9.17) is 9.47 Å². The molecule has 3 nitrogen and oxygen atoms in total. The molecule has 0 aliphatic heterocycles. The summed E-state index contributed by atoms with van der Waals surface area (Å²) in [7, 11) is 0. The summed E-state index contributed by atoms with van der Waals surface area (Å²) in [5.74, 6) is 0. The van der Waals surface area contributed by atoms with Crippen molar-refractivity contribution >= 4 is 0 Å². The third-order valence-corrected chi connectivity index (χ3v) is 2.31. The molecule has 0 radical (unpaired) electrons. The Morgan fingerprint density at radius 2 is 1.87 bits per heavy atom. The Morgan fingerprint density at radius 3 is 2.40 bits per heavy atom. The van der Waals surface area contributed by atoms with Gasteiger partial charge in [-0.25, -0.2) is 0 Å². The summed E-state index contributed by atoms with van der Waals surface area (Å²) in [5.41, 5.74) is 0. The van der Waals surface area contributed by atoms with E-state index in [1.165, 1.54) is 6.42 Å². The summed E-state index contributed by atoms with van der Waals surface area (Å²) >= 11 is 0. The van der Waals surface area contributed by atoms with Gasteiger partial charge in [0.2, 0.25) is 0 Å². The number of ether oxygens (including phenoxy) is 2. The first-order chi connectivity index (χ1) is 7.24. The van der Waals surface area contributed by atoms with Crippen LogP contribution in [0.3, 0.4) is 0 Å². The molecule has 0 saturated heterocycles. The Morgan fingerprint density at radius 1 is 1.13 bits per heavy atom. The minimum absolute atomic E-state index is 0.197. The van der Waals surface area contributed by atoms with E-state index in [1.807, 2.05) is 6.92 Å². The Balaban J connectivity index is 3.50. The third kappa shape index (κ3) is 8.85. The largest absolute Gasteiger partial charge is 0.379 e. The molecule has 0 fully saturated rings. The smallest absolute Gasteiger partial charge is 0.0781 e. The molecule has 0 heterocycles. The topological polar surface area (TPSA) is 30.5 Å². The molecule has 0 rings (SSSR count). The van der Waals surface area contributed by atoms with Gasteiger partial charge < -0.3 is 14.8 Å². The van der Waals surface area contributed by atoms with E-state index >= 15 is 0 Å². The monoisotopic (exact) mass is 217 g/mol. The van der Waals surface area contributed by atoms with Crippen LogP contribution in [0.15, 0.2) is 0 Å². The highest BCUT2D eigenvalue weighted by atomic mass is 16.5. The Hall–Kier alpha value is -0.120. The summed E-state index contributed by atoms with van der Waals surface area (Å²) in [5, 5.41) is 3.46. The van der Waals surface area contributed by atoms with Crippen LogP contribution in [0.4, 0.5) is 0 Å². The highest BCUT2D eigenvalue weighted by Gasteiger charge is 2.08. The fraction of sp³-hybridized carbons (Fsp3) is 1.00. The van der Waals surface area contributed by atoms with Crippen molar-refractivity contribution in [2.45, 2.75) is 52.7 Å². The molecule has 0 amide bonds. The van der Waals surface area contributed by atoms with Gasteiger partial charge in [-0.1, -0.05) is 13.8 Å². The maximum Gasteiger partial charge on any atom is 0.0781 e. The first-order valence-corrected chi connectivity index (χ1v) is 6.17. The molecule has 1 N–H and O–H groups in total. The normalized spacial score (nSPS) is 15.2. The second kappa shape index (κ2) is 10.4. The summed E-state index contributed by atoms with van der Waals surface area (Å²) in [6.45, 7) is 11.7. The minimum Gasteiger partial charge on any atom is -0.379 e. The van der Waals surface area contributed by atoms with Gasteiger partial charge in [-0.15, -0.1) is 0 Å². The molecule has 2 unspecified atom stereocenters. The van der Waals surface area contributed by atoms with E-state index in [1.54, 1.807) is 0 Å². The fourth-order valence-corrected chi connectivity index (χ4v) is 1.28. The second-order valence-electron chi connectivity index (χ2n) is 3.86. The Bertz CT molecular complexity index is 131. The molecule has 0 spiro atoms. The molecule has 0 aliphatic rings. The van der Waals surface area contributed by atoms with Crippen molar-refractivity contribution in [2.75, 3.05) is 26.4 Å². The Kier molecular flexibility index (Phi) is 10.3. The van der Waals surface area contributed by atoms with Crippen molar-refractivity contribution in [3.05, 3.63) is 0 Å². The lowest BCUT2D eigenvalue weighted by atomic mass is 10.2. The number of rotatable bonds is 10. The van der Waals surface area contributed by atoms with Crippen LogP contribution in [-0.4, -0.2) is 38.5 Å². The average molecular weight is 217 g/mol. The van der Waals surface area contributed by atoms with Crippen LogP contribution < -0.4 is 5.32 Å². The van der Waals surface area contributed by atoms with Gasteiger partial charge >= 0.3 is 0 Å². The highest BCUT2D eigenvalue weighted by Crippen LogP contribution is 1.98. The zero-order valence-corrected chi connectivity index (χ0v) is 10.7. The van der Waals surface area contributed by atoms with E-state index in [0.717, 1.165) is 26.2 Å². The maximum atomic E-state index is 5.71. The summed E-state index contributed by atoms with van der Waals surface area (Å²) < 4.78 is 11.0. The lowest BCUT2D eigenvalue weighted by Gasteiger charge is -2.19. The lowest BCUT2D eigenvalue weighted by molar-refractivity contribution is -0.0116. The van der Waals surface area contributed by atoms with Gasteiger partial charge in [0, 0.05) is 12.6 Å². The predicted octanol–water partition coefficient (Wildman–Crippen LogP) is 2.21. The number of hydrogen-bond donors (Lipinski definition) is 1. The van der Waals surface area contributed by atoms with Crippen molar-refractivity contribution in [1.29, 1.82) is 0 Å². The van der Waals surface area contributed by atoms with Crippen molar-refractivity contribution in [2.24, 2.45) is 0 Å². The first-order valence-electron chi connectivity index (χ1n) is 6.17. The van der Waals surface area contributed by atoms with Crippen molar-refractivity contribution < 1.29 is 9.47 Å². The summed E-state index contributed by atoms with van der Waals surface area (Å²) in [4.78, 5) is 0. The van der Waals surface area contributed by atoms with E-state index in [-0.39, 0.29) is 6.10 Å². The van der Waals surface area contributed by atoms with Crippen LogP contribution in [0.1, 0.15) is 40.5 Å². The van der Waals surface area contributed by atoms with Crippen LogP contribution in [0, 0.1) is 0 Å². The van der Waals surface area contributed by atoms with E-state index in [0.29, 0.717) is 12.6 Å². The van der Waals surface area contributed by atoms with Crippen LogP contribution in [0.5, 0.6) is 0 Å².